The molecule has 0 saturated heterocycles. The van der Waals surface area contributed by atoms with Gasteiger partial charge in [0.25, 0.3) is 0 Å². The molecule has 0 amide bonds. The first-order valence-corrected chi connectivity index (χ1v) is 9.25. The summed E-state index contributed by atoms with van der Waals surface area (Å²) in [5.41, 5.74) is 2.11. The number of rotatable bonds is 5. The largest absolute Gasteiger partial charge is 0.223 e. The summed E-state index contributed by atoms with van der Waals surface area (Å²) in [6.07, 6.45) is 2.37. The summed E-state index contributed by atoms with van der Waals surface area (Å²) in [6.45, 7) is 1.95. The molecule has 0 aliphatic rings. The Kier molecular flexibility index (Phi) is 4.89. The molecule has 0 aromatic heterocycles. The van der Waals surface area contributed by atoms with Gasteiger partial charge in [0.15, 0.2) is 9.84 Å². The molecule has 0 radical (unpaired) electrons. The maximum atomic E-state index is 12.7. The molecule has 0 N–H and O–H groups in total. The van der Waals surface area contributed by atoms with Crippen molar-refractivity contribution >= 4 is 21.6 Å². The van der Waals surface area contributed by atoms with Gasteiger partial charge in [-0.15, -0.1) is 11.8 Å². The maximum absolute atomic E-state index is 12.7. The molecule has 0 heterocycles. The molecule has 106 valence electrons. The molecule has 2 aromatic rings. The van der Waals surface area contributed by atoms with E-state index >= 15 is 0 Å². The predicted octanol–water partition coefficient (Wildman–Crippen LogP) is 3.70. The first-order chi connectivity index (χ1) is 9.54. The first kappa shape index (κ1) is 15.1. The average molecular weight is 306 g/mol. The lowest BCUT2D eigenvalue weighted by Gasteiger charge is -2.16. The summed E-state index contributed by atoms with van der Waals surface area (Å²) in [6, 6.07) is 16.8. The number of benzene rings is 2. The van der Waals surface area contributed by atoms with Gasteiger partial charge in [-0.25, -0.2) is 8.42 Å². The van der Waals surface area contributed by atoms with Crippen LogP contribution in [0.1, 0.15) is 11.1 Å². The molecule has 2 rings (SSSR count). The molecule has 0 aliphatic heterocycles. The first-order valence-electron chi connectivity index (χ1n) is 6.41. The van der Waals surface area contributed by atoms with E-state index in [2.05, 4.69) is 0 Å². The number of aryl methyl sites for hydroxylation is 1. The van der Waals surface area contributed by atoms with E-state index in [1.807, 2.05) is 55.6 Å². The standard InChI is InChI=1S/C16H18O2S2/c1-13-8-10-15(11-9-13)20(17,18)16(19-2)12-14-6-4-3-5-7-14/h3-11,16H,12H2,1-2H3. The fourth-order valence-corrected chi connectivity index (χ4v) is 4.94. The van der Waals surface area contributed by atoms with E-state index < -0.39 is 14.4 Å². The van der Waals surface area contributed by atoms with Crippen molar-refractivity contribution in [2.75, 3.05) is 6.26 Å². The van der Waals surface area contributed by atoms with E-state index in [1.54, 1.807) is 12.1 Å². The maximum Gasteiger partial charge on any atom is 0.190 e. The molecule has 20 heavy (non-hydrogen) atoms. The summed E-state index contributed by atoms with van der Waals surface area (Å²) >= 11 is 1.38. The minimum atomic E-state index is -3.30. The van der Waals surface area contributed by atoms with Gasteiger partial charge in [0.2, 0.25) is 0 Å². The summed E-state index contributed by atoms with van der Waals surface area (Å²) in [4.78, 5) is 0.401. The Bertz CT molecular complexity index is 647. The van der Waals surface area contributed by atoms with Crippen molar-refractivity contribution < 1.29 is 8.42 Å². The third-order valence-corrected chi connectivity index (χ3v) is 7.02. The zero-order valence-electron chi connectivity index (χ0n) is 11.6. The van der Waals surface area contributed by atoms with Crippen LogP contribution in [0.2, 0.25) is 0 Å². The third-order valence-electron chi connectivity index (χ3n) is 3.20. The van der Waals surface area contributed by atoms with Crippen molar-refractivity contribution in [3.05, 3.63) is 65.7 Å². The normalized spacial score (nSPS) is 13.1. The topological polar surface area (TPSA) is 34.1 Å². The van der Waals surface area contributed by atoms with Crippen LogP contribution in [-0.4, -0.2) is 19.3 Å². The second-order valence-electron chi connectivity index (χ2n) is 4.71. The monoisotopic (exact) mass is 306 g/mol. The Labute approximate surface area is 125 Å². The van der Waals surface area contributed by atoms with Gasteiger partial charge in [0, 0.05) is 0 Å². The fraction of sp³-hybridized carbons (Fsp3) is 0.250. The van der Waals surface area contributed by atoms with E-state index in [0.717, 1.165) is 11.1 Å². The van der Waals surface area contributed by atoms with Crippen LogP contribution >= 0.6 is 11.8 Å². The Morgan fingerprint density at radius 1 is 1.00 bits per heavy atom. The predicted molar refractivity (Wildman–Crippen MR) is 85.8 cm³/mol. The average Bonchev–Trinajstić information content (AvgIpc) is 2.46. The van der Waals surface area contributed by atoms with Crippen LogP contribution in [0.5, 0.6) is 0 Å². The van der Waals surface area contributed by atoms with Crippen molar-refractivity contribution in [2.45, 2.75) is 22.8 Å². The van der Waals surface area contributed by atoms with Crippen LogP contribution in [0.15, 0.2) is 59.5 Å². The van der Waals surface area contributed by atoms with E-state index in [1.165, 1.54) is 11.8 Å². The van der Waals surface area contributed by atoms with Crippen LogP contribution in [0.3, 0.4) is 0 Å². The summed E-state index contributed by atoms with van der Waals surface area (Å²) in [5.74, 6) is 0. The van der Waals surface area contributed by atoms with Gasteiger partial charge >= 0.3 is 0 Å². The highest BCUT2D eigenvalue weighted by Gasteiger charge is 2.26. The fourth-order valence-electron chi connectivity index (χ4n) is 2.01. The Balaban J connectivity index is 2.28. The zero-order valence-corrected chi connectivity index (χ0v) is 13.2. The van der Waals surface area contributed by atoms with Gasteiger partial charge in [-0.2, -0.15) is 0 Å². The van der Waals surface area contributed by atoms with Gasteiger partial charge in [0.1, 0.15) is 4.58 Å². The minimum absolute atomic E-state index is 0.401. The van der Waals surface area contributed by atoms with Crippen LogP contribution < -0.4 is 0 Å². The van der Waals surface area contributed by atoms with E-state index in [0.29, 0.717) is 11.3 Å². The van der Waals surface area contributed by atoms with Gasteiger partial charge in [-0.3, -0.25) is 0 Å². The number of thioether (sulfide) groups is 1. The van der Waals surface area contributed by atoms with E-state index in [9.17, 15) is 8.42 Å². The molecular formula is C16H18O2S2. The molecule has 2 nitrogen and oxygen atoms in total. The second-order valence-corrected chi connectivity index (χ2v) is 8.18. The highest BCUT2D eigenvalue weighted by Crippen LogP contribution is 2.26. The van der Waals surface area contributed by atoms with E-state index in [4.69, 9.17) is 0 Å². The molecule has 1 unspecified atom stereocenters. The highest BCUT2D eigenvalue weighted by atomic mass is 32.3. The van der Waals surface area contributed by atoms with Gasteiger partial charge in [-0.1, -0.05) is 48.0 Å². The van der Waals surface area contributed by atoms with Crippen molar-refractivity contribution in [3.8, 4) is 0 Å². The number of hydrogen-bond acceptors (Lipinski definition) is 3. The van der Waals surface area contributed by atoms with Gasteiger partial charge in [-0.05, 0) is 37.3 Å². The van der Waals surface area contributed by atoms with Crippen LogP contribution in [-0.2, 0) is 16.3 Å². The number of hydrogen-bond donors (Lipinski definition) is 0. The van der Waals surface area contributed by atoms with Gasteiger partial charge in [0.05, 0.1) is 4.90 Å². The number of sulfone groups is 1. The Morgan fingerprint density at radius 2 is 1.60 bits per heavy atom. The summed E-state index contributed by atoms with van der Waals surface area (Å²) in [7, 11) is -3.30. The lowest BCUT2D eigenvalue weighted by molar-refractivity contribution is 0.592. The molecule has 0 fully saturated rings. The smallest absolute Gasteiger partial charge is 0.190 e. The molecule has 0 saturated carbocycles. The minimum Gasteiger partial charge on any atom is -0.223 e. The van der Waals surface area contributed by atoms with Crippen LogP contribution in [0.4, 0.5) is 0 Å². The lowest BCUT2D eigenvalue weighted by Crippen LogP contribution is -2.20. The lowest BCUT2D eigenvalue weighted by atomic mass is 10.2. The Hall–Kier alpha value is -1.26. The summed E-state index contributed by atoms with van der Waals surface area (Å²) < 4.78 is 24.9. The third kappa shape index (κ3) is 3.44. The zero-order chi connectivity index (χ0) is 14.6. The summed E-state index contributed by atoms with van der Waals surface area (Å²) in [5, 5.41) is 0. The van der Waals surface area contributed by atoms with Crippen molar-refractivity contribution in [1.29, 1.82) is 0 Å². The molecule has 0 spiro atoms. The quantitative estimate of drug-likeness (QED) is 0.844. The van der Waals surface area contributed by atoms with Crippen molar-refractivity contribution in [3.63, 3.8) is 0 Å². The van der Waals surface area contributed by atoms with Crippen molar-refractivity contribution in [1.82, 2.24) is 0 Å². The molecule has 4 heteroatoms. The highest BCUT2D eigenvalue weighted by molar-refractivity contribution is 8.13. The SMILES string of the molecule is CSC(Cc1ccccc1)S(=O)(=O)c1ccc(C)cc1. The molecule has 0 bridgehead atoms. The molecule has 1 atom stereocenters. The molecule has 2 aromatic carbocycles. The van der Waals surface area contributed by atoms with Gasteiger partial charge < -0.3 is 0 Å². The Morgan fingerprint density at radius 3 is 2.15 bits per heavy atom. The molecule has 0 aliphatic carbocycles. The van der Waals surface area contributed by atoms with E-state index in [-0.39, 0.29) is 0 Å². The molecular weight excluding hydrogens is 288 g/mol. The van der Waals surface area contributed by atoms with Crippen molar-refractivity contribution in [2.24, 2.45) is 0 Å². The second kappa shape index (κ2) is 6.46. The van der Waals surface area contributed by atoms with Crippen LogP contribution in [0.25, 0.3) is 0 Å². The van der Waals surface area contributed by atoms with Crippen LogP contribution in [0, 0.1) is 6.92 Å².